The highest BCUT2D eigenvalue weighted by atomic mass is 32.1. The Hall–Kier alpha value is -0.950. The fourth-order valence-corrected chi connectivity index (χ4v) is 4.62. The number of carbonyl (C=O) groups excluding carboxylic acids is 1. The van der Waals surface area contributed by atoms with Gasteiger partial charge in [0.2, 0.25) is 0 Å². The van der Waals surface area contributed by atoms with Gasteiger partial charge in [0.05, 0.1) is 25.2 Å². The Morgan fingerprint density at radius 3 is 3.09 bits per heavy atom. The second-order valence-electron chi connectivity index (χ2n) is 6.37. The number of ether oxygens (including phenoxy) is 1. The van der Waals surface area contributed by atoms with Gasteiger partial charge in [0.25, 0.3) is 5.91 Å². The van der Waals surface area contributed by atoms with Crippen molar-refractivity contribution in [2.45, 2.75) is 25.5 Å². The standard InChI is InChI=1S/C16H22N2O3S/c19-16(18-5-2-6-21-18)14-10-17(9-12-3-1-8-22-12)11-15-13(14)4-7-20-15/h1,3,8,13-15H,2,4-7,9-11H2/t13-,14-,15+/m0/s1. The van der Waals surface area contributed by atoms with Crippen LogP contribution in [-0.2, 0) is 20.9 Å². The summed E-state index contributed by atoms with van der Waals surface area (Å²) in [5, 5.41) is 3.70. The van der Waals surface area contributed by atoms with E-state index in [2.05, 4.69) is 22.4 Å². The summed E-state index contributed by atoms with van der Waals surface area (Å²) in [5.41, 5.74) is 0. The first-order valence-corrected chi connectivity index (χ1v) is 9.00. The quantitative estimate of drug-likeness (QED) is 0.850. The molecule has 1 aromatic heterocycles. The Bertz CT molecular complexity index is 515. The zero-order valence-corrected chi connectivity index (χ0v) is 13.5. The lowest BCUT2D eigenvalue weighted by molar-refractivity contribution is -0.179. The third-order valence-electron chi connectivity index (χ3n) is 4.95. The van der Waals surface area contributed by atoms with Crippen LogP contribution in [0.25, 0.3) is 0 Å². The Morgan fingerprint density at radius 1 is 1.36 bits per heavy atom. The van der Waals surface area contributed by atoms with Gasteiger partial charge in [-0.1, -0.05) is 6.07 Å². The van der Waals surface area contributed by atoms with Crippen LogP contribution < -0.4 is 0 Å². The molecule has 6 heteroatoms. The van der Waals surface area contributed by atoms with Crippen molar-refractivity contribution in [3.05, 3.63) is 22.4 Å². The maximum atomic E-state index is 12.8. The highest BCUT2D eigenvalue weighted by molar-refractivity contribution is 7.09. The summed E-state index contributed by atoms with van der Waals surface area (Å²) in [7, 11) is 0. The second-order valence-corrected chi connectivity index (χ2v) is 7.40. The molecule has 3 saturated heterocycles. The molecule has 0 radical (unpaired) electrons. The summed E-state index contributed by atoms with van der Waals surface area (Å²) >= 11 is 1.77. The van der Waals surface area contributed by atoms with Crippen molar-refractivity contribution in [3.63, 3.8) is 0 Å². The molecule has 0 saturated carbocycles. The number of amides is 1. The molecule has 4 rings (SSSR count). The molecule has 4 heterocycles. The number of piperidine rings is 1. The van der Waals surface area contributed by atoms with Gasteiger partial charge in [0, 0.05) is 37.0 Å². The van der Waals surface area contributed by atoms with Crippen molar-refractivity contribution >= 4 is 17.2 Å². The van der Waals surface area contributed by atoms with E-state index < -0.39 is 0 Å². The van der Waals surface area contributed by atoms with Gasteiger partial charge in [-0.3, -0.25) is 14.5 Å². The van der Waals surface area contributed by atoms with Gasteiger partial charge in [-0.25, -0.2) is 5.06 Å². The Morgan fingerprint density at radius 2 is 2.32 bits per heavy atom. The van der Waals surface area contributed by atoms with Crippen LogP contribution in [-0.4, -0.2) is 54.8 Å². The minimum Gasteiger partial charge on any atom is -0.377 e. The Kier molecular flexibility index (Phi) is 4.17. The van der Waals surface area contributed by atoms with E-state index in [9.17, 15) is 4.79 Å². The van der Waals surface area contributed by atoms with E-state index in [1.165, 1.54) is 4.88 Å². The van der Waals surface area contributed by atoms with Crippen LogP contribution in [0, 0.1) is 11.8 Å². The molecular formula is C16H22N2O3S. The highest BCUT2D eigenvalue weighted by Gasteiger charge is 2.45. The summed E-state index contributed by atoms with van der Waals surface area (Å²) in [5.74, 6) is 0.532. The third kappa shape index (κ3) is 2.80. The van der Waals surface area contributed by atoms with Crippen LogP contribution in [0.1, 0.15) is 17.7 Å². The second kappa shape index (κ2) is 6.28. The van der Waals surface area contributed by atoms with Crippen LogP contribution in [0.3, 0.4) is 0 Å². The molecule has 120 valence electrons. The fourth-order valence-electron chi connectivity index (χ4n) is 3.88. The molecule has 0 bridgehead atoms. The number of carbonyl (C=O) groups is 1. The number of thiophene rings is 1. The minimum atomic E-state index is 0.0133. The van der Waals surface area contributed by atoms with E-state index in [-0.39, 0.29) is 17.9 Å². The predicted molar refractivity (Wildman–Crippen MR) is 83.2 cm³/mol. The maximum absolute atomic E-state index is 12.8. The number of hydroxylamine groups is 2. The maximum Gasteiger partial charge on any atom is 0.250 e. The van der Waals surface area contributed by atoms with Gasteiger partial charge in [-0.2, -0.15) is 0 Å². The average Bonchev–Trinajstić information content (AvgIpc) is 3.27. The molecule has 3 aliphatic rings. The van der Waals surface area contributed by atoms with Crippen molar-refractivity contribution in [3.8, 4) is 0 Å². The van der Waals surface area contributed by atoms with Gasteiger partial charge < -0.3 is 4.74 Å². The van der Waals surface area contributed by atoms with Crippen LogP contribution in [0.4, 0.5) is 0 Å². The molecule has 1 amide bonds. The first-order chi connectivity index (χ1) is 10.8. The number of likely N-dealkylation sites (tertiary alicyclic amines) is 1. The summed E-state index contributed by atoms with van der Waals surface area (Å²) < 4.78 is 5.90. The van der Waals surface area contributed by atoms with Crippen molar-refractivity contribution in [1.29, 1.82) is 0 Å². The Labute approximate surface area is 134 Å². The first kappa shape index (κ1) is 14.6. The molecule has 0 aliphatic carbocycles. The lowest BCUT2D eigenvalue weighted by Crippen LogP contribution is -2.52. The van der Waals surface area contributed by atoms with Crippen molar-refractivity contribution < 1.29 is 14.4 Å². The van der Waals surface area contributed by atoms with Crippen LogP contribution >= 0.6 is 11.3 Å². The summed E-state index contributed by atoms with van der Waals surface area (Å²) in [6.45, 7) is 4.86. The molecule has 0 unspecified atom stereocenters. The van der Waals surface area contributed by atoms with Crippen molar-refractivity contribution in [2.75, 3.05) is 32.8 Å². The molecular weight excluding hydrogens is 300 g/mol. The van der Waals surface area contributed by atoms with E-state index in [1.54, 1.807) is 16.4 Å². The molecule has 3 atom stereocenters. The number of hydrogen-bond donors (Lipinski definition) is 0. The molecule has 0 spiro atoms. The van der Waals surface area contributed by atoms with E-state index in [1.807, 2.05) is 0 Å². The minimum absolute atomic E-state index is 0.0133. The van der Waals surface area contributed by atoms with Gasteiger partial charge in [0.15, 0.2) is 0 Å². The van der Waals surface area contributed by atoms with E-state index in [0.717, 1.165) is 45.6 Å². The van der Waals surface area contributed by atoms with Gasteiger partial charge in [0.1, 0.15) is 0 Å². The lowest BCUT2D eigenvalue weighted by Gasteiger charge is -2.40. The molecule has 22 heavy (non-hydrogen) atoms. The normalized spacial score (nSPS) is 32.4. The molecule has 1 aromatic rings. The number of fused-ring (bicyclic) bond motifs is 1. The van der Waals surface area contributed by atoms with Gasteiger partial charge in [-0.05, 0) is 24.3 Å². The average molecular weight is 322 g/mol. The summed E-state index contributed by atoms with van der Waals surface area (Å²) in [6.07, 6.45) is 2.15. The smallest absolute Gasteiger partial charge is 0.250 e. The number of nitrogens with zero attached hydrogens (tertiary/aromatic N) is 2. The van der Waals surface area contributed by atoms with E-state index in [4.69, 9.17) is 9.57 Å². The van der Waals surface area contributed by atoms with Gasteiger partial charge in [-0.15, -0.1) is 11.3 Å². The number of rotatable bonds is 3. The summed E-state index contributed by atoms with van der Waals surface area (Å²) in [6, 6.07) is 4.24. The molecule has 0 N–H and O–H groups in total. The SMILES string of the molecule is O=C([C@H]1CN(Cc2cccs2)C[C@H]2OCC[C@@H]12)N1CCCO1. The zero-order chi connectivity index (χ0) is 14.9. The molecule has 3 aliphatic heterocycles. The van der Waals surface area contributed by atoms with Gasteiger partial charge >= 0.3 is 0 Å². The molecule has 5 nitrogen and oxygen atoms in total. The largest absolute Gasteiger partial charge is 0.377 e. The molecule has 0 aromatic carbocycles. The predicted octanol–water partition coefficient (Wildman–Crippen LogP) is 1.75. The van der Waals surface area contributed by atoms with Crippen LogP contribution in [0.2, 0.25) is 0 Å². The van der Waals surface area contributed by atoms with Crippen LogP contribution in [0.5, 0.6) is 0 Å². The molecule has 3 fully saturated rings. The fraction of sp³-hybridized carbons (Fsp3) is 0.688. The third-order valence-corrected chi connectivity index (χ3v) is 5.81. The monoisotopic (exact) mass is 322 g/mol. The van der Waals surface area contributed by atoms with E-state index >= 15 is 0 Å². The zero-order valence-electron chi connectivity index (χ0n) is 12.6. The van der Waals surface area contributed by atoms with Crippen LogP contribution in [0.15, 0.2) is 17.5 Å². The topological polar surface area (TPSA) is 42.0 Å². The summed E-state index contributed by atoms with van der Waals surface area (Å²) in [4.78, 5) is 22.0. The van der Waals surface area contributed by atoms with Crippen molar-refractivity contribution in [1.82, 2.24) is 9.96 Å². The lowest BCUT2D eigenvalue weighted by atomic mass is 9.82. The number of hydrogen-bond acceptors (Lipinski definition) is 5. The highest BCUT2D eigenvalue weighted by Crippen LogP contribution is 2.36. The first-order valence-electron chi connectivity index (χ1n) is 8.12. The van der Waals surface area contributed by atoms with E-state index in [0.29, 0.717) is 12.5 Å². The Balaban J connectivity index is 1.49. The van der Waals surface area contributed by atoms with Crippen molar-refractivity contribution in [2.24, 2.45) is 11.8 Å².